The quantitative estimate of drug-likeness (QED) is 0.356. The summed E-state index contributed by atoms with van der Waals surface area (Å²) in [4.78, 5) is 39.2. The molecule has 0 saturated carbocycles. The number of nitrogen functional groups attached to an aromatic ring is 1. The van der Waals surface area contributed by atoms with E-state index >= 15 is 0 Å². The van der Waals surface area contributed by atoms with E-state index in [9.17, 15) is 9.59 Å². The maximum Gasteiger partial charge on any atom is 0.166 e. The van der Waals surface area contributed by atoms with Gasteiger partial charge in [-0.25, -0.2) is 15.0 Å². The maximum atomic E-state index is 13.5. The number of fused-ring (bicyclic) bond motifs is 1. The normalized spacial score (nSPS) is 20.1. The number of ketones is 2. The highest BCUT2D eigenvalue weighted by Gasteiger charge is 2.35. The fraction of sp³-hybridized carbons (Fsp3) is 0.192. The van der Waals surface area contributed by atoms with Gasteiger partial charge in [-0.05, 0) is 12.3 Å². The van der Waals surface area contributed by atoms with Crippen molar-refractivity contribution in [1.82, 2.24) is 19.5 Å². The first-order valence-corrected chi connectivity index (χ1v) is 10.9. The molecule has 7 nitrogen and oxygen atoms in total. The van der Waals surface area contributed by atoms with Crippen LogP contribution in [0.2, 0.25) is 0 Å². The molecule has 5 rings (SSSR count). The second-order valence-electron chi connectivity index (χ2n) is 8.26. The summed E-state index contributed by atoms with van der Waals surface area (Å²) < 4.78 is 1.92. The van der Waals surface area contributed by atoms with Crippen molar-refractivity contribution in [3.63, 3.8) is 0 Å². The van der Waals surface area contributed by atoms with Crippen molar-refractivity contribution < 1.29 is 9.59 Å². The Balaban J connectivity index is 1.49. The zero-order chi connectivity index (χ0) is 22.8. The highest BCUT2D eigenvalue weighted by molar-refractivity contribution is 6.00. The van der Waals surface area contributed by atoms with Crippen LogP contribution in [0.25, 0.3) is 11.2 Å². The summed E-state index contributed by atoms with van der Waals surface area (Å²) in [7, 11) is 0. The number of hydrogen-bond acceptors (Lipinski definition) is 6. The molecular weight excluding hydrogens is 414 g/mol. The predicted octanol–water partition coefficient (Wildman–Crippen LogP) is 4.30. The van der Waals surface area contributed by atoms with Crippen LogP contribution in [0, 0.1) is 11.8 Å². The number of aromatic nitrogens is 4. The van der Waals surface area contributed by atoms with Gasteiger partial charge in [-0.2, -0.15) is 0 Å². The molecule has 3 unspecified atom stereocenters. The number of allylic oxidation sites excluding steroid dienone is 2. The molecule has 0 radical (unpaired) electrons. The number of carbonyl (C=O) groups excluding carboxylic acids is 2. The van der Waals surface area contributed by atoms with Gasteiger partial charge >= 0.3 is 0 Å². The fourth-order valence-corrected chi connectivity index (χ4v) is 4.52. The summed E-state index contributed by atoms with van der Waals surface area (Å²) in [5, 5.41) is 0. The van der Waals surface area contributed by atoms with E-state index in [1.165, 1.54) is 6.33 Å². The minimum absolute atomic E-state index is 0.0307. The van der Waals surface area contributed by atoms with Crippen LogP contribution in [0.5, 0.6) is 0 Å². The molecule has 2 aromatic heterocycles. The lowest BCUT2D eigenvalue weighted by molar-refractivity contribution is 0.0836. The van der Waals surface area contributed by atoms with E-state index in [4.69, 9.17) is 5.73 Å². The van der Waals surface area contributed by atoms with Gasteiger partial charge in [-0.3, -0.25) is 9.59 Å². The zero-order valence-electron chi connectivity index (χ0n) is 17.9. The van der Waals surface area contributed by atoms with Crippen molar-refractivity contribution in [2.75, 3.05) is 5.73 Å². The van der Waals surface area contributed by atoms with E-state index in [0.29, 0.717) is 34.5 Å². The summed E-state index contributed by atoms with van der Waals surface area (Å²) in [6.45, 7) is 0. The van der Waals surface area contributed by atoms with Crippen molar-refractivity contribution in [3.05, 3.63) is 96.6 Å². The van der Waals surface area contributed by atoms with Crippen molar-refractivity contribution in [2.24, 2.45) is 11.8 Å². The third-order valence-corrected chi connectivity index (χ3v) is 6.25. The van der Waals surface area contributed by atoms with Gasteiger partial charge in [0.1, 0.15) is 11.8 Å². The number of hydrogen-bond donors (Lipinski definition) is 1. The molecule has 4 aromatic rings. The van der Waals surface area contributed by atoms with E-state index in [2.05, 4.69) is 15.0 Å². The van der Waals surface area contributed by atoms with Crippen molar-refractivity contribution in [2.45, 2.75) is 18.9 Å². The number of imidazole rings is 1. The minimum Gasteiger partial charge on any atom is -0.382 e. The summed E-state index contributed by atoms with van der Waals surface area (Å²) in [6, 6.07) is 18.3. The Hall–Kier alpha value is -4.13. The molecule has 2 N–H and O–H groups in total. The Labute approximate surface area is 191 Å². The van der Waals surface area contributed by atoms with E-state index in [-0.39, 0.29) is 35.9 Å². The molecule has 0 aliphatic heterocycles. The van der Waals surface area contributed by atoms with Gasteiger partial charge in [0.15, 0.2) is 23.0 Å². The molecule has 3 atom stereocenters. The second-order valence-corrected chi connectivity index (χ2v) is 8.26. The van der Waals surface area contributed by atoms with Crippen LogP contribution in [-0.4, -0.2) is 31.1 Å². The SMILES string of the molecule is Nc1ncnc2c1ncn2C1C=CC(CC(=O)c2ccccc2)C(C(=O)c2ccccc2)C1. The van der Waals surface area contributed by atoms with Crippen LogP contribution in [0.15, 0.2) is 85.5 Å². The summed E-state index contributed by atoms with van der Waals surface area (Å²) in [6.07, 6.45) is 7.94. The van der Waals surface area contributed by atoms with E-state index in [1.54, 1.807) is 6.33 Å². The predicted molar refractivity (Wildman–Crippen MR) is 126 cm³/mol. The van der Waals surface area contributed by atoms with E-state index < -0.39 is 0 Å². The highest BCUT2D eigenvalue weighted by Crippen LogP contribution is 2.37. The molecule has 7 heteroatoms. The van der Waals surface area contributed by atoms with E-state index in [0.717, 1.165) is 0 Å². The third kappa shape index (κ3) is 4.05. The Morgan fingerprint density at radius 1 is 0.909 bits per heavy atom. The minimum atomic E-state index is -0.355. The lowest BCUT2D eigenvalue weighted by Gasteiger charge is -2.31. The average molecular weight is 438 g/mol. The van der Waals surface area contributed by atoms with Gasteiger partial charge in [0.2, 0.25) is 0 Å². The van der Waals surface area contributed by atoms with Crippen LogP contribution in [-0.2, 0) is 0 Å². The van der Waals surface area contributed by atoms with Crippen LogP contribution < -0.4 is 5.73 Å². The molecule has 0 saturated heterocycles. The molecule has 1 aliphatic carbocycles. The van der Waals surface area contributed by atoms with Crippen LogP contribution in [0.4, 0.5) is 5.82 Å². The molecule has 33 heavy (non-hydrogen) atoms. The van der Waals surface area contributed by atoms with Crippen LogP contribution in [0.3, 0.4) is 0 Å². The summed E-state index contributed by atoms with van der Waals surface area (Å²) in [5.74, 6) is -0.165. The molecule has 2 heterocycles. The molecule has 164 valence electrons. The molecule has 0 bridgehead atoms. The number of Topliss-reactive ketones (excluding diaryl/α,β-unsaturated/α-hetero) is 2. The number of nitrogens with two attached hydrogens (primary N) is 1. The first-order chi connectivity index (χ1) is 16.1. The van der Waals surface area contributed by atoms with Gasteiger partial charge in [0, 0.05) is 23.5 Å². The van der Waals surface area contributed by atoms with Gasteiger partial charge in [0.25, 0.3) is 0 Å². The fourth-order valence-electron chi connectivity index (χ4n) is 4.52. The van der Waals surface area contributed by atoms with Crippen molar-refractivity contribution in [1.29, 1.82) is 0 Å². The second kappa shape index (κ2) is 8.78. The van der Waals surface area contributed by atoms with Crippen LogP contribution >= 0.6 is 0 Å². The molecule has 1 aliphatic rings. The standard InChI is InChI=1S/C26H23N5O2/c27-25-23-26(29-15-28-25)31(16-30-23)20-12-11-19(13-22(32)17-7-3-1-4-8-17)21(14-20)24(33)18-9-5-2-6-10-18/h1-12,15-16,19-21H,13-14H2,(H2,27,28,29). The van der Waals surface area contributed by atoms with Gasteiger partial charge in [-0.1, -0.05) is 72.8 Å². The summed E-state index contributed by atoms with van der Waals surface area (Å²) >= 11 is 0. The Morgan fingerprint density at radius 3 is 2.33 bits per heavy atom. The molecule has 0 amide bonds. The summed E-state index contributed by atoms with van der Waals surface area (Å²) in [5.41, 5.74) is 8.42. The van der Waals surface area contributed by atoms with Gasteiger partial charge < -0.3 is 10.3 Å². The van der Waals surface area contributed by atoms with Crippen molar-refractivity contribution >= 4 is 28.5 Å². The lowest BCUT2D eigenvalue weighted by atomic mass is 9.75. The first kappa shape index (κ1) is 20.8. The third-order valence-electron chi connectivity index (χ3n) is 6.25. The Bertz CT molecular complexity index is 1330. The maximum absolute atomic E-state index is 13.5. The number of carbonyl (C=O) groups is 2. The largest absolute Gasteiger partial charge is 0.382 e. The molecule has 0 fully saturated rings. The first-order valence-electron chi connectivity index (χ1n) is 10.9. The Morgan fingerprint density at radius 2 is 1.61 bits per heavy atom. The topological polar surface area (TPSA) is 104 Å². The average Bonchev–Trinajstić information content (AvgIpc) is 3.30. The van der Waals surface area contributed by atoms with E-state index in [1.807, 2.05) is 77.4 Å². The van der Waals surface area contributed by atoms with Crippen molar-refractivity contribution in [3.8, 4) is 0 Å². The zero-order valence-corrected chi connectivity index (χ0v) is 17.9. The number of nitrogens with zero attached hydrogens (tertiary/aromatic N) is 4. The molecular formula is C26H23N5O2. The van der Waals surface area contributed by atoms with Gasteiger partial charge in [-0.15, -0.1) is 0 Å². The number of anilines is 1. The van der Waals surface area contributed by atoms with Gasteiger partial charge in [0.05, 0.1) is 12.4 Å². The lowest BCUT2D eigenvalue weighted by Crippen LogP contribution is -2.30. The molecule has 0 spiro atoms. The molecule has 2 aromatic carbocycles. The Kier molecular flexibility index (Phi) is 5.52. The van der Waals surface area contributed by atoms with Crippen LogP contribution in [0.1, 0.15) is 39.6 Å². The highest BCUT2D eigenvalue weighted by atomic mass is 16.1. The number of benzene rings is 2. The monoisotopic (exact) mass is 437 g/mol. The smallest absolute Gasteiger partial charge is 0.166 e. The number of rotatable bonds is 6.